The van der Waals surface area contributed by atoms with Gasteiger partial charge in [-0.1, -0.05) is 19.8 Å². The summed E-state index contributed by atoms with van der Waals surface area (Å²) in [5.41, 5.74) is 0.602. The van der Waals surface area contributed by atoms with Crippen LogP contribution in [0, 0.1) is 5.82 Å². The molecule has 5 heteroatoms. The Labute approximate surface area is 132 Å². The highest BCUT2D eigenvalue weighted by atomic mass is 19.1. The summed E-state index contributed by atoms with van der Waals surface area (Å²) < 4.78 is 12.8. The Morgan fingerprint density at radius 2 is 2.09 bits per heavy atom. The third-order valence-corrected chi connectivity index (χ3v) is 4.15. The molecule has 22 heavy (non-hydrogen) atoms. The number of nitrogens with zero attached hydrogens (tertiary/aromatic N) is 1. The van der Waals surface area contributed by atoms with Crippen LogP contribution in [0.2, 0.25) is 0 Å². The molecule has 0 spiro atoms. The zero-order chi connectivity index (χ0) is 15.8. The van der Waals surface area contributed by atoms with Crippen molar-refractivity contribution in [3.63, 3.8) is 0 Å². The van der Waals surface area contributed by atoms with Crippen molar-refractivity contribution >= 4 is 11.7 Å². The van der Waals surface area contributed by atoms with Gasteiger partial charge < -0.3 is 10.6 Å². The maximum Gasteiger partial charge on any atom is 0.319 e. The molecule has 2 amide bonds. The molecule has 1 unspecified atom stereocenters. The number of likely N-dealkylation sites (tertiary alicyclic amines) is 1. The lowest BCUT2D eigenvalue weighted by molar-refractivity contribution is 0.145. The number of piperidine rings is 1. The van der Waals surface area contributed by atoms with E-state index in [0.717, 1.165) is 19.5 Å². The van der Waals surface area contributed by atoms with Gasteiger partial charge in [-0.2, -0.15) is 0 Å². The van der Waals surface area contributed by atoms with Gasteiger partial charge in [-0.25, -0.2) is 9.18 Å². The van der Waals surface area contributed by atoms with E-state index in [-0.39, 0.29) is 11.8 Å². The summed E-state index contributed by atoms with van der Waals surface area (Å²) in [7, 11) is 0. The maximum atomic E-state index is 12.8. The molecule has 1 aromatic carbocycles. The van der Waals surface area contributed by atoms with E-state index in [1.54, 1.807) is 12.1 Å². The number of carbonyl (C=O) groups is 1. The van der Waals surface area contributed by atoms with Gasteiger partial charge in [-0.15, -0.1) is 0 Å². The fraction of sp³-hybridized carbons (Fsp3) is 0.588. The van der Waals surface area contributed by atoms with Crippen molar-refractivity contribution in [2.75, 3.05) is 25.0 Å². The fourth-order valence-corrected chi connectivity index (χ4v) is 2.87. The Morgan fingerprint density at radius 3 is 2.82 bits per heavy atom. The van der Waals surface area contributed by atoms with Crippen molar-refractivity contribution in [1.29, 1.82) is 0 Å². The average molecular weight is 307 g/mol. The molecular formula is C17H26FN3O. The summed E-state index contributed by atoms with van der Waals surface area (Å²) in [4.78, 5) is 14.4. The molecule has 4 nitrogen and oxygen atoms in total. The van der Waals surface area contributed by atoms with Gasteiger partial charge in [0.25, 0.3) is 0 Å². The predicted octanol–water partition coefficient (Wildman–Crippen LogP) is 3.60. The second kappa shape index (κ2) is 8.73. The molecule has 2 rings (SSSR count). The Hall–Kier alpha value is -1.62. The largest absolute Gasteiger partial charge is 0.336 e. The molecule has 0 aliphatic carbocycles. The van der Waals surface area contributed by atoms with E-state index in [2.05, 4.69) is 22.5 Å². The molecule has 2 N–H and O–H groups in total. The summed E-state index contributed by atoms with van der Waals surface area (Å²) in [6.45, 7) is 5.11. The molecular weight excluding hydrogens is 281 g/mol. The number of nitrogens with one attached hydrogen (secondary N) is 2. The lowest BCUT2D eigenvalue weighted by atomic mass is 10.0. The van der Waals surface area contributed by atoms with Crippen LogP contribution in [-0.2, 0) is 0 Å². The molecule has 1 heterocycles. The monoisotopic (exact) mass is 307 g/mol. The number of amides is 2. The second-order valence-corrected chi connectivity index (χ2v) is 5.88. The van der Waals surface area contributed by atoms with Crippen LogP contribution >= 0.6 is 0 Å². The van der Waals surface area contributed by atoms with Gasteiger partial charge in [0.2, 0.25) is 0 Å². The van der Waals surface area contributed by atoms with Gasteiger partial charge in [0.15, 0.2) is 0 Å². The third kappa shape index (κ3) is 5.30. The lowest BCUT2D eigenvalue weighted by Crippen LogP contribution is -2.47. The first-order chi connectivity index (χ1) is 10.7. The molecule has 1 aliphatic heterocycles. The summed E-state index contributed by atoms with van der Waals surface area (Å²) in [5, 5.41) is 5.67. The van der Waals surface area contributed by atoms with Crippen molar-refractivity contribution in [2.24, 2.45) is 0 Å². The van der Waals surface area contributed by atoms with Crippen molar-refractivity contribution in [3.05, 3.63) is 30.1 Å². The Kier molecular flexibility index (Phi) is 6.65. The van der Waals surface area contributed by atoms with Gasteiger partial charge in [-0.05, 0) is 56.6 Å². The smallest absolute Gasteiger partial charge is 0.319 e. The first kappa shape index (κ1) is 16.7. The standard InChI is InChI=1S/C17H26FN3O/c1-2-3-11-21-12-5-4-6-16(21)13-19-17(22)20-15-9-7-14(18)8-10-15/h7-10,16H,2-6,11-13H2,1H3,(H2,19,20,22). The van der Waals surface area contributed by atoms with E-state index in [9.17, 15) is 9.18 Å². The molecule has 1 aliphatic rings. The van der Waals surface area contributed by atoms with Gasteiger partial charge in [0.05, 0.1) is 0 Å². The summed E-state index contributed by atoms with van der Waals surface area (Å²) in [6.07, 6.45) is 6.02. The highest BCUT2D eigenvalue weighted by molar-refractivity contribution is 5.89. The minimum atomic E-state index is -0.306. The van der Waals surface area contributed by atoms with Crippen molar-refractivity contribution in [3.8, 4) is 0 Å². The van der Waals surface area contributed by atoms with Gasteiger partial charge >= 0.3 is 6.03 Å². The topological polar surface area (TPSA) is 44.4 Å². The van der Waals surface area contributed by atoms with Crippen LogP contribution < -0.4 is 10.6 Å². The zero-order valence-electron chi connectivity index (χ0n) is 13.3. The summed E-state index contributed by atoms with van der Waals surface area (Å²) in [6, 6.07) is 5.99. The van der Waals surface area contributed by atoms with Gasteiger partial charge in [-0.3, -0.25) is 4.90 Å². The number of hydrogen-bond acceptors (Lipinski definition) is 2. The molecule has 0 radical (unpaired) electrons. The van der Waals surface area contributed by atoms with E-state index in [1.165, 1.54) is 37.8 Å². The maximum absolute atomic E-state index is 12.8. The SMILES string of the molecule is CCCCN1CCCCC1CNC(=O)Nc1ccc(F)cc1. The lowest BCUT2D eigenvalue weighted by Gasteiger charge is -2.35. The number of unbranched alkanes of at least 4 members (excludes halogenated alkanes) is 1. The van der Waals surface area contributed by atoms with E-state index in [4.69, 9.17) is 0 Å². The number of benzene rings is 1. The number of urea groups is 1. The van der Waals surface area contributed by atoms with Gasteiger partial charge in [0, 0.05) is 18.3 Å². The highest BCUT2D eigenvalue weighted by Crippen LogP contribution is 2.17. The quantitative estimate of drug-likeness (QED) is 0.843. The highest BCUT2D eigenvalue weighted by Gasteiger charge is 2.22. The predicted molar refractivity (Wildman–Crippen MR) is 87.5 cm³/mol. The molecule has 1 fully saturated rings. The van der Waals surface area contributed by atoms with Crippen molar-refractivity contribution < 1.29 is 9.18 Å². The first-order valence-corrected chi connectivity index (χ1v) is 8.23. The van der Waals surface area contributed by atoms with Crippen LogP contribution in [-0.4, -0.2) is 36.6 Å². The van der Waals surface area contributed by atoms with Crippen LogP contribution in [0.15, 0.2) is 24.3 Å². The van der Waals surface area contributed by atoms with E-state index < -0.39 is 0 Å². The molecule has 0 saturated carbocycles. The number of hydrogen-bond donors (Lipinski definition) is 2. The summed E-state index contributed by atoms with van der Waals surface area (Å²) >= 11 is 0. The van der Waals surface area contributed by atoms with Crippen LogP contribution in [0.1, 0.15) is 39.0 Å². The van der Waals surface area contributed by atoms with Crippen LogP contribution in [0.4, 0.5) is 14.9 Å². The van der Waals surface area contributed by atoms with Crippen LogP contribution in [0.5, 0.6) is 0 Å². The number of rotatable bonds is 6. The Bertz CT molecular complexity index is 463. The summed E-state index contributed by atoms with van der Waals surface area (Å²) in [5.74, 6) is -0.306. The Balaban J connectivity index is 1.77. The minimum Gasteiger partial charge on any atom is -0.336 e. The zero-order valence-corrected chi connectivity index (χ0v) is 13.3. The number of carbonyl (C=O) groups excluding carboxylic acids is 1. The minimum absolute atomic E-state index is 0.229. The van der Waals surface area contributed by atoms with Crippen molar-refractivity contribution in [1.82, 2.24) is 10.2 Å². The second-order valence-electron chi connectivity index (χ2n) is 5.88. The van der Waals surface area contributed by atoms with Crippen LogP contribution in [0.25, 0.3) is 0 Å². The number of anilines is 1. The molecule has 1 saturated heterocycles. The molecule has 122 valence electrons. The first-order valence-electron chi connectivity index (χ1n) is 8.23. The Morgan fingerprint density at radius 1 is 1.32 bits per heavy atom. The molecule has 1 atom stereocenters. The number of halogens is 1. The normalized spacial score (nSPS) is 18.9. The fourth-order valence-electron chi connectivity index (χ4n) is 2.87. The third-order valence-electron chi connectivity index (χ3n) is 4.15. The van der Waals surface area contributed by atoms with Gasteiger partial charge in [0.1, 0.15) is 5.82 Å². The molecule has 0 aromatic heterocycles. The van der Waals surface area contributed by atoms with Crippen molar-refractivity contribution in [2.45, 2.75) is 45.1 Å². The van der Waals surface area contributed by atoms with Crippen LogP contribution in [0.3, 0.4) is 0 Å². The molecule has 0 bridgehead atoms. The molecule has 1 aromatic rings. The van der Waals surface area contributed by atoms with E-state index >= 15 is 0 Å². The average Bonchev–Trinajstić information content (AvgIpc) is 2.54. The van der Waals surface area contributed by atoms with E-state index in [1.807, 2.05) is 0 Å². The van der Waals surface area contributed by atoms with E-state index in [0.29, 0.717) is 18.3 Å².